The van der Waals surface area contributed by atoms with Crippen LogP contribution in [-0.2, 0) is 6.42 Å². The molecule has 0 aliphatic carbocycles. The molecule has 3 N–H and O–H groups in total. The highest BCUT2D eigenvalue weighted by atomic mass is 16.3. The van der Waals surface area contributed by atoms with Gasteiger partial charge >= 0.3 is 0 Å². The van der Waals surface area contributed by atoms with Crippen LogP contribution in [0.15, 0.2) is 48.5 Å². The fourth-order valence-corrected chi connectivity index (χ4v) is 2.19. The average molecular weight is 255 g/mol. The van der Waals surface area contributed by atoms with Crippen molar-refractivity contribution < 1.29 is 5.11 Å². The van der Waals surface area contributed by atoms with Crippen LogP contribution in [0.2, 0.25) is 0 Å². The number of aryl methyl sites for hydroxylation is 2. The quantitative estimate of drug-likeness (QED) is 0.882. The maximum absolute atomic E-state index is 10.3. The van der Waals surface area contributed by atoms with Gasteiger partial charge in [0.25, 0.3) is 0 Å². The lowest BCUT2D eigenvalue weighted by atomic mass is 9.95. The third kappa shape index (κ3) is 3.43. The summed E-state index contributed by atoms with van der Waals surface area (Å²) >= 11 is 0. The van der Waals surface area contributed by atoms with Gasteiger partial charge in [-0.25, -0.2) is 0 Å². The Morgan fingerprint density at radius 3 is 2.32 bits per heavy atom. The minimum Gasteiger partial charge on any atom is -0.387 e. The van der Waals surface area contributed by atoms with Gasteiger partial charge in [-0.1, -0.05) is 48.5 Å². The average Bonchev–Trinajstić information content (AvgIpc) is 2.42. The van der Waals surface area contributed by atoms with Crippen LogP contribution < -0.4 is 5.73 Å². The van der Waals surface area contributed by atoms with Gasteiger partial charge in [-0.05, 0) is 42.5 Å². The summed E-state index contributed by atoms with van der Waals surface area (Å²) in [5, 5.41) is 10.3. The molecular weight excluding hydrogens is 234 g/mol. The van der Waals surface area contributed by atoms with Crippen LogP contribution in [0.25, 0.3) is 0 Å². The fourth-order valence-electron chi connectivity index (χ4n) is 2.19. The summed E-state index contributed by atoms with van der Waals surface area (Å²) in [7, 11) is 0. The molecule has 2 rings (SSSR count). The van der Waals surface area contributed by atoms with Crippen molar-refractivity contribution in [2.75, 3.05) is 0 Å². The van der Waals surface area contributed by atoms with Crippen molar-refractivity contribution in [2.45, 2.75) is 32.4 Å². The van der Waals surface area contributed by atoms with Gasteiger partial charge in [0, 0.05) is 6.04 Å². The van der Waals surface area contributed by atoms with Gasteiger partial charge in [-0.3, -0.25) is 0 Å². The highest BCUT2D eigenvalue weighted by Crippen LogP contribution is 2.21. The Balaban J connectivity index is 2.10. The summed E-state index contributed by atoms with van der Waals surface area (Å²) < 4.78 is 0. The van der Waals surface area contributed by atoms with E-state index < -0.39 is 6.10 Å². The van der Waals surface area contributed by atoms with E-state index in [1.807, 2.05) is 55.5 Å². The fraction of sp³-hybridized carbons (Fsp3) is 0.294. The first-order valence-corrected chi connectivity index (χ1v) is 6.62. The van der Waals surface area contributed by atoms with Crippen LogP contribution in [-0.4, -0.2) is 11.1 Å². The summed E-state index contributed by atoms with van der Waals surface area (Å²) in [6.45, 7) is 4.11. The Kier molecular flexibility index (Phi) is 4.35. The second kappa shape index (κ2) is 6.00. The van der Waals surface area contributed by atoms with Gasteiger partial charge in [0.15, 0.2) is 0 Å². The molecule has 0 saturated carbocycles. The van der Waals surface area contributed by atoms with Crippen LogP contribution in [0.5, 0.6) is 0 Å². The lowest BCUT2D eigenvalue weighted by molar-refractivity contribution is 0.146. The first-order valence-electron chi connectivity index (χ1n) is 6.62. The second-order valence-electron chi connectivity index (χ2n) is 5.14. The molecule has 2 aromatic rings. The van der Waals surface area contributed by atoms with E-state index in [1.54, 1.807) is 0 Å². The lowest BCUT2D eigenvalue weighted by Gasteiger charge is -2.20. The van der Waals surface area contributed by atoms with Gasteiger partial charge in [-0.15, -0.1) is 0 Å². The number of benzene rings is 2. The molecule has 2 atom stereocenters. The van der Waals surface area contributed by atoms with Crippen molar-refractivity contribution in [1.82, 2.24) is 0 Å². The van der Waals surface area contributed by atoms with Crippen molar-refractivity contribution in [2.24, 2.45) is 5.73 Å². The molecule has 0 aliphatic heterocycles. The molecule has 2 aromatic carbocycles. The zero-order valence-corrected chi connectivity index (χ0v) is 11.5. The van der Waals surface area contributed by atoms with E-state index in [0.29, 0.717) is 6.42 Å². The van der Waals surface area contributed by atoms with Crippen LogP contribution in [0.4, 0.5) is 0 Å². The highest BCUT2D eigenvalue weighted by Gasteiger charge is 2.17. The molecule has 0 aromatic heterocycles. The summed E-state index contributed by atoms with van der Waals surface area (Å²) in [6.07, 6.45) is 0.0501. The van der Waals surface area contributed by atoms with Crippen LogP contribution in [0, 0.1) is 13.8 Å². The van der Waals surface area contributed by atoms with E-state index in [-0.39, 0.29) is 6.04 Å². The molecule has 0 fully saturated rings. The smallest absolute Gasteiger partial charge is 0.0944 e. The molecule has 2 heteroatoms. The maximum atomic E-state index is 10.3. The summed E-state index contributed by atoms with van der Waals surface area (Å²) in [6, 6.07) is 15.7. The number of aliphatic hydroxyl groups is 1. The van der Waals surface area contributed by atoms with Gasteiger partial charge in [0.05, 0.1) is 6.10 Å². The monoisotopic (exact) mass is 255 g/mol. The van der Waals surface area contributed by atoms with Crippen molar-refractivity contribution in [1.29, 1.82) is 0 Å². The number of hydrogen-bond donors (Lipinski definition) is 2. The first kappa shape index (κ1) is 13.8. The Hall–Kier alpha value is -1.64. The molecule has 0 heterocycles. The predicted molar refractivity (Wildman–Crippen MR) is 79.0 cm³/mol. The zero-order chi connectivity index (χ0) is 13.8. The molecule has 100 valence electrons. The SMILES string of the molecule is Cc1ccc(C(O)C(N)Cc2ccccc2)cc1C. The van der Waals surface area contributed by atoms with E-state index in [9.17, 15) is 5.11 Å². The van der Waals surface area contributed by atoms with Crippen molar-refractivity contribution in [3.63, 3.8) is 0 Å². The minimum absolute atomic E-state index is 0.287. The highest BCUT2D eigenvalue weighted by molar-refractivity contribution is 5.32. The molecule has 0 amide bonds. The first-order chi connectivity index (χ1) is 9.08. The second-order valence-corrected chi connectivity index (χ2v) is 5.14. The van der Waals surface area contributed by atoms with Gasteiger partial charge < -0.3 is 10.8 Å². The van der Waals surface area contributed by atoms with Crippen molar-refractivity contribution >= 4 is 0 Å². The zero-order valence-electron chi connectivity index (χ0n) is 11.5. The summed E-state index contributed by atoms with van der Waals surface area (Å²) in [5.74, 6) is 0. The van der Waals surface area contributed by atoms with E-state index in [4.69, 9.17) is 5.73 Å². The van der Waals surface area contributed by atoms with E-state index in [1.165, 1.54) is 11.1 Å². The molecule has 0 spiro atoms. The van der Waals surface area contributed by atoms with Crippen LogP contribution in [0.1, 0.15) is 28.4 Å². The van der Waals surface area contributed by atoms with Gasteiger partial charge in [0.2, 0.25) is 0 Å². The third-order valence-corrected chi connectivity index (χ3v) is 3.59. The van der Waals surface area contributed by atoms with Crippen molar-refractivity contribution in [3.05, 3.63) is 70.8 Å². The molecule has 2 nitrogen and oxygen atoms in total. The standard InChI is InChI=1S/C17H21NO/c1-12-8-9-15(10-13(12)2)17(19)16(18)11-14-6-4-3-5-7-14/h3-10,16-17,19H,11,18H2,1-2H3. The lowest BCUT2D eigenvalue weighted by Crippen LogP contribution is -2.30. The number of nitrogens with two attached hydrogens (primary N) is 1. The number of hydrogen-bond acceptors (Lipinski definition) is 2. The predicted octanol–water partition coefficient (Wildman–Crippen LogP) is 2.91. The van der Waals surface area contributed by atoms with Gasteiger partial charge in [-0.2, -0.15) is 0 Å². The molecular formula is C17H21NO. The molecule has 0 radical (unpaired) electrons. The topological polar surface area (TPSA) is 46.2 Å². The molecule has 0 bridgehead atoms. The van der Waals surface area contributed by atoms with Crippen LogP contribution >= 0.6 is 0 Å². The largest absolute Gasteiger partial charge is 0.387 e. The third-order valence-electron chi connectivity index (χ3n) is 3.59. The minimum atomic E-state index is -0.625. The van der Waals surface area contributed by atoms with E-state index >= 15 is 0 Å². The summed E-state index contributed by atoms with van der Waals surface area (Å²) in [4.78, 5) is 0. The Morgan fingerprint density at radius 2 is 1.68 bits per heavy atom. The summed E-state index contributed by atoms with van der Waals surface area (Å²) in [5.41, 5.74) is 10.6. The Morgan fingerprint density at radius 1 is 1.00 bits per heavy atom. The molecule has 19 heavy (non-hydrogen) atoms. The molecule has 2 unspecified atom stereocenters. The molecule has 0 saturated heterocycles. The van der Waals surface area contributed by atoms with Crippen molar-refractivity contribution in [3.8, 4) is 0 Å². The Labute approximate surface area is 114 Å². The van der Waals surface area contributed by atoms with E-state index in [2.05, 4.69) is 6.92 Å². The number of aliphatic hydroxyl groups excluding tert-OH is 1. The van der Waals surface area contributed by atoms with Crippen LogP contribution in [0.3, 0.4) is 0 Å². The Bertz CT molecular complexity index is 536. The maximum Gasteiger partial charge on any atom is 0.0944 e. The molecule has 0 aliphatic rings. The normalized spacial score (nSPS) is 14.1. The van der Waals surface area contributed by atoms with Gasteiger partial charge in [0.1, 0.15) is 0 Å². The number of rotatable bonds is 4. The van der Waals surface area contributed by atoms with E-state index in [0.717, 1.165) is 11.1 Å².